The van der Waals surface area contributed by atoms with E-state index in [4.69, 9.17) is 9.72 Å². The summed E-state index contributed by atoms with van der Waals surface area (Å²) in [4.78, 5) is 32.6. The molecule has 0 aliphatic heterocycles. The second-order valence-corrected chi connectivity index (χ2v) is 8.89. The number of benzene rings is 2. The molecule has 2 aromatic heterocycles. The number of para-hydroxylation sites is 1. The fourth-order valence-electron chi connectivity index (χ4n) is 3.40. The van der Waals surface area contributed by atoms with E-state index in [2.05, 4.69) is 0 Å². The molecule has 0 aliphatic rings. The van der Waals surface area contributed by atoms with Crippen molar-refractivity contribution in [3.63, 3.8) is 0 Å². The minimum atomic E-state index is -0.0915. The first-order chi connectivity index (χ1) is 15.6. The lowest BCUT2D eigenvalue weighted by Gasteiger charge is -2.21. The smallest absolute Gasteiger partial charge is 0.272 e. The Morgan fingerprint density at radius 2 is 1.88 bits per heavy atom. The number of hydrogen-bond donors (Lipinski definition) is 0. The molecule has 164 valence electrons. The van der Waals surface area contributed by atoms with Crippen molar-refractivity contribution < 1.29 is 9.53 Å². The Kier molecular flexibility index (Phi) is 6.92. The highest BCUT2D eigenvalue weighted by molar-refractivity contribution is 7.99. The summed E-state index contributed by atoms with van der Waals surface area (Å²) in [7, 11) is 1.62. The van der Waals surface area contributed by atoms with Crippen LogP contribution < -0.4 is 15.2 Å². The van der Waals surface area contributed by atoms with E-state index >= 15 is 0 Å². The number of carbonyl (C=O) groups excluding carboxylic acids is 1. The minimum absolute atomic E-state index is 0.0284. The number of hydrogen-bond acceptors (Lipinski definition) is 6. The van der Waals surface area contributed by atoms with E-state index in [1.807, 2.05) is 73.0 Å². The van der Waals surface area contributed by atoms with Crippen LogP contribution in [0.5, 0.6) is 5.75 Å². The lowest BCUT2D eigenvalue weighted by molar-refractivity contribution is -0.116. The van der Waals surface area contributed by atoms with E-state index in [-0.39, 0.29) is 17.2 Å². The third-order valence-electron chi connectivity index (χ3n) is 5.04. The molecule has 0 fully saturated rings. The highest BCUT2D eigenvalue weighted by atomic mass is 32.2. The number of rotatable bonds is 8. The fourth-order valence-corrected chi connectivity index (χ4v) is 5.05. The number of amides is 1. The Balaban J connectivity index is 1.61. The van der Waals surface area contributed by atoms with E-state index in [1.165, 1.54) is 23.1 Å². The molecule has 2 heterocycles. The van der Waals surface area contributed by atoms with Gasteiger partial charge in [-0.2, -0.15) is 0 Å². The van der Waals surface area contributed by atoms with Crippen molar-refractivity contribution in [1.82, 2.24) is 9.55 Å². The first kappa shape index (κ1) is 22.1. The molecule has 0 spiro atoms. The van der Waals surface area contributed by atoms with Crippen molar-refractivity contribution >= 4 is 44.9 Å². The number of ether oxygens (including phenoxy) is 1. The predicted molar refractivity (Wildman–Crippen MR) is 131 cm³/mol. The average molecular weight is 466 g/mol. The number of nitrogens with zero attached hydrogens (tertiary/aromatic N) is 3. The van der Waals surface area contributed by atoms with Gasteiger partial charge in [0, 0.05) is 12.2 Å². The second kappa shape index (κ2) is 10.0. The van der Waals surface area contributed by atoms with Crippen molar-refractivity contribution in [2.75, 3.05) is 24.3 Å². The Bertz CT molecular complexity index is 1270. The van der Waals surface area contributed by atoms with E-state index in [0.717, 1.165) is 17.0 Å². The van der Waals surface area contributed by atoms with Crippen molar-refractivity contribution in [2.45, 2.75) is 18.6 Å². The van der Waals surface area contributed by atoms with Gasteiger partial charge in [-0.15, -0.1) is 11.3 Å². The highest BCUT2D eigenvalue weighted by Gasteiger charge is 2.18. The molecule has 1 amide bonds. The average Bonchev–Trinajstić information content (AvgIpc) is 3.30. The molecule has 6 nitrogen and oxygen atoms in total. The van der Waals surface area contributed by atoms with E-state index < -0.39 is 0 Å². The van der Waals surface area contributed by atoms with Crippen molar-refractivity contribution in [3.05, 3.63) is 82.0 Å². The monoisotopic (exact) mass is 465 g/mol. The van der Waals surface area contributed by atoms with Crippen LogP contribution in [-0.2, 0) is 11.3 Å². The summed E-state index contributed by atoms with van der Waals surface area (Å²) in [5, 5.41) is 2.40. The molecule has 2 aromatic carbocycles. The molecule has 4 rings (SSSR count). The maximum atomic E-state index is 13.2. The second-order valence-electron chi connectivity index (χ2n) is 7.03. The topological polar surface area (TPSA) is 64.4 Å². The lowest BCUT2D eigenvalue weighted by Crippen LogP contribution is -2.32. The molecule has 0 saturated carbocycles. The largest absolute Gasteiger partial charge is 0.497 e. The maximum absolute atomic E-state index is 13.2. The normalized spacial score (nSPS) is 10.9. The molecule has 0 unspecified atom stereocenters. The summed E-state index contributed by atoms with van der Waals surface area (Å²) in [6.45, 7) is 2.89. The Morgan fingerprint density at radius 1 is 1.12 bits per heavy atom. The van der Waals surface area contributed by atoms with Crippen LogP contribution in [-0.4, -0.2) is 34.9 Å². The molecule has 0 aliphatic carbocycles. The molecule has 0 N–H and O–H groups in total. The zero-order valence-corrected chi connectivity index (χ0v) is 19.5. The number of fused-ring (bicyclic) bond motifs is 1. The van der Waals surface area contributed by atoms with Crippen LogP contribution in [0.15, 0.2) is 76.0 Å². The van der Waals surface area contributed by atoms with Gasteiger partial charge in [0.1, 0.15) is 10.4 Å². The van der Waals surface area contributed by atoms with Gasteiger partial charge in [0.2, 0.25) is 5.91 Å². The molecule has 32 heavy (non-hydrogen) atoms. The fraction of sp³-hybridized carbons (Fsp3) is 0.208. The van der Waals surface area contributed by atoms with Crippen molar-refractivity contribution in [1.29, 1.82) is 0 Å². The summed E-state index contributed by atoms with van der Waals surface area (Å²) in [6, 6.07) is 19.0. The van der Waals surface area contributed by atoms with Gasteiger partial charge in [0.25, 0.3) is 5.56 Å². The number of anilines is 1. The molecule has 4 aromatic rings. The third kappa shape index (κ3) is 4.71. The van der Waals surface area contributed by atoms with Crippen molar-refractivity contribution in [3.8, 4) is 5.75 Å². The zero-order chi connectivity index (χ0) is 22.5. The Hall–Kier alpha value is -3.10. The molecular formula is C24H23N3O3S2. The number of aromatic nitrogens is 2. The predicted octanol–water partition coefficient (Wildman–Crippen LogP) is 4.66. The molecular weight excluding hydrogens is 442 g/mol. The van der Waals surface area contributed by atoms with Crippen LogP contribution in [0.3, 0.4) is 0 Å². The van der Waals surface area contributed by atoms with Gasteiger partial charge in [-0.05, 0) is 48.2 Å². The van der Waals surface area contributed by atoms with E-state index in [0.29, 0.717) is 28.5 Å². The molecule has 0 saturated heterocycles. The molecule has 0 atom stereocenters. The van der Waals surface area contributed by atoms with Crippen LogP contribution >= 0.6 is 23.1 Å². The first-order valence-electron chi connectivity index (χ1n) is 10.2. The summed E-state index contributed by atoms with van der Waals surface area (Å²) in [5.41, 5.74) is 2.39. The SMILES string of the molecule is CCN(C(=O)CSc1nc2ccsc2c(=O)n1Cc1ccc(OC)cc1)c1ccccc1. The number of methoxy groups -OCH3 is 1. The van der Waals surface area contributed by atoms with E-state index in [1.54, 1.807) is 16.6 Å². The quantitative estimate of drug-likeness (QED) is 0.280. The van der Waals surface area contributed by atoms with Crippen LogP contribution in [0.4, 0.5) is 5.69 Å². The van der Waals surface area contributed by atoms with Gasteiger partial charge in [0.05, 0.1) is 24.9 Å². The van der Waals surface area contributed by atoms with Gasteiger partial charge in [0.15, 0.2) is 5.16 Å². The number of thiophene rings is 1. The highest BCUT2D eigenvalue weighted by Crippen LogP contribution is 2.23. The van der Waals surface area contributed by atoms with Crippen molar-refractivity contribution in [2.24, 2.45) is 0 Å². The molecule has 0 bridgehead atoms. The zero-order valence-electron chi connectivity index (χ0n) is 17.9. The number of carbonyl (C=O) groups is 1. The Morgan fingerprint density at radius 3 is 2.56 bits per heavy atom. The minimum Gasteiger partial charge on any atom is -0.497 e. The summed E-state index contributed by atoms with van der Waals surface area (Å²) >= 11 is 2.68. The van der Waals surface area contributed by atoms with Gasteiger partial charge >= 0.3 is 0 Å². The van der Waals surface area contributed by atoms with Crippen LogP contribution in [0, 0.1) is 0 Å². The summed E-state index contributed by atoms with van der Waals surface area (Å²) in [6.07, 6.45) is 0. The molecule has 0 radical (unpaired) electrons. The van der Waals surface area contributed by atoms with Gasteiger partial charge in [-0.25, -0.2) is 4.98 Å². The van der Waals surface area contributed by atoms with Crippen LogP contribution in [0.25, 0.3) is 10.2 Å². The number of thioether (sulfide) groups is 1. The standard InChI is InChI=1S/C24H23N3O3S2/c1-3-26(18-7-5-4-6-8-18)21(28)16-32-24-25-20-13-14-31-22(20)23(29)27(24)15-17-9-11-19(30-2)12-10-17/h4-14H,3,15-16H2,1-2H3. The Labute approximate surface area is 194 Å². The van der Waals surface area contributed by atoms with Gasteiger partial charge in [-0.3, -0.25) is 14.2 Å². The molecule has 8 heteroatoms. The van der Waals surface area contributed by atoms with Gasteiger partial charge < -0.3 is 9.64 Å². The third-order valence-corrected chi connectivity index (χ3v) is 6.89. The van der Waals surface area contributed by atoms with Crippen LogP contribution in [0.1, 0.15) is 12.5 Å². The van der Waals surface area contributed by atoms with Crippen LogP contribution in [0.2, 0.25) is 0 Å². The maximum Gasteiger partial charge on any atom is 0.272 e. The summed E-state index contributed by atoms with van der Waals surface area (Å²) in [5.74, 6) is 0.918. The van der Waals surface area contributed by atoms with Gasteiger partial charge in [-0.1, -0.05) is 42.1 Å². The van der Waals surface area contributed by atoms with E-state index in [9.17, 15) is 9.59 Å². The summed E-state index contributed by atoms with van der Waals surface area (Å²) < 4.78 is 7.49. The first-order valence-corrected chi connectivity index (χ1v) is 12.1. The lowest BCUT2D eigenvalue weighted by atomic mass is 10.2.